The zero-order chi connectivity index (χ0) is 14.5. The summed E-state index contributed by atoms with van der Waals surface area (Å²) in [4.78, 5) is 13.0. The van der Waals surface area contributed by atoms with Crippen LogP contribution in [0, 0.1) is 0 Å². The maximum absolute atomic E-state index is 11.1. The number of rotatable bonds is 5. The maximum atomic E-state index is 11.1. The van der Waals surface area contributed by atoms with Gasteiger partial charge < -0.3 is 9.64 Å². The van der Waals surface area contributed by atoms with E-state index in [0.717, 1.165) is 27.8 Å². The van der Waals surface area contributed by atoms with Crippen LogP contribution in [0.25, 0.3) is 0 Å². The molecule has 0 aromatic heterocycles. The fourth-order valence-electron chi connectivity index (χ4n) is 1.89. The molecule has 0 radical (unpaired) electrons. The zero-order valence-corrected chi connectivity index (χ0v) is 13.1. The Labute approximate surface area is 127 Å². The SMILES string of the molecule is CN(C)c1cc(OCc2ccccc2)c(Br)cc1C=O. The molecule has 0 bridgehead atoms. The highest BCUT2D eigenvalue weighted by molar-refractivity contribution is 9.10. The zero-order valence-electron chi connectivity index (χ0n) is 11.5. The molecule has 0 fully saturated rings. The predicted molar refractivity (Wildman–Crippen MR) is 84.6 cm³/mol. The first-order valence-electron chi connectivity index (χ1n) is 6.24. The Bertz CT molecular complexity index is 597. The molecule has 0 N–H and O–H groups in total. The first kappa shape index (κ1) is 14.6. The topological polar surface area (TPSA) is 29.5 Å². The summed E-state index contributed by atoms with van der Waals surface area (Å²) >= 11 is 3.44. The molecule has 104 valence electrons. The van der Waals surface area contributed by atoms with E-state index in [9.17, 15) is 4.79 Å². The summed E-state index contributed by atoms with van der Waals surface area (Å²) in [6, 6.07) is 13.6. The molecule has 4 heteroatoms. The summed E-state index contributed by atoms with van der Waals surface area (Å²) < 4.78 is 6.60. The summed E-state index contributed by atoms with van der Waals surface area (Å²) in [5, 5.41) is 0. The summed E-state index contributed by atoms with van der Waals surface area (Å²) in [5.41, 5.74) is 2.57. The Hall–Kier alpha value is -1.81. The number of hydrogen-bond acceptors (Lipinski definition) is 3. The van der Waals surface area contributed by atoms with Gasteiger partial charge in [0.2, 0.25) is 0 Å². The number of aldehydes is 1. The minimum Gasteiger partial charge on any atom is -0.488 e. The monoisotopic (exact) mass is 333 g/mol. The van der Waals surface area contributed by atoms with Gasteiger partial charge in [0.05, 0.1) is 10.2 Å². The number of carbonyl (C=O) groups excluding carboxylic acids is 1. The van der Waals surface area contributed by atoms with E-state index in [-0.39, 0.29) is 0 Å². The van der Waals surface area contributed by atoms with E-state index in [1.807, 2.05) is 55.4 Å². The highest BCUT2D eigenvalue weighted by Crippen LogP contribution is 2.32. The third-order valence-electron chi connectivity index (χ3n) is 2.93. The van der Waals surface area contributed by atoms with Crippen LogP contribution < -0.4 is 9.64 Å². The third-order valence-corrected chi connectivity index (χ3v) is 3.55. The van der Waals surface area contributed by atoms with Gasteiger partial charge in [-0.1, -0.05) is 30.3 Å². The number of carbonyl (C=O) groups is 1. The van der Waals surface area contributed by atoms with Crippen LogP contribution in [0.15, 0.2) is 46.9 Å². The van der Waals surface area contributed by atoms with Crippen LogP contribution in [0.4, 0.5) is 5.69 Å². The molecule has 20 heavy (non-hydrogen) atoms. The first-order chi connectivity index (χ1) is 9.61. The second kappa shape index (κ2) is 6.57. The molecule has 0 atom stereocenters. The van der Waals surface area contributed by atoms with Crippen molar-refractivity contribution in [1.29, 1.82) is 0 Å². The van der Waals surface area contributed by atoms with Crippen molar-refractivity contribution in [1.82, 2.24) is 0 Å². The van der Waals surface area contributed by atoms with E-state index in [2.05, 4.69) is 15.9 Å². The molecule has 0 aliphatic rings. The Balaban J connectivity index is 2.23. The Morgan fingerprint density at radius 3 is 2.50 bits per heavy atom. The predicted octanol–water partition coefficient (Wildman–Crippen LogP) is 3.91. The summed E-state index contributed by atoms with van der Waals surface area (Å²) in [6.07, 6.45) is 0.848. The lowest BCUT2D eigenvalue weighted by Gasteiger charge is -2.17. The van der Waals surface area contributed by atoms with Crippen molar-refractivity contribution in [3.63, 3.8) is 0 Å². The van der Waals surface area contributed by atoms with Crippen molar-refractivity contribution in [2.24, 2.45) is 0 Å². The van der Waals surface area contributed by atoms with E-state index in [0.29, 0.717) is 12.2 Å². The van der Waals surface area contributed by atoms with E-state index in [1.165, 1.54) is 0 Å². The van der Waals surface area contributed by atoms with E-state index in [1.54, 1.807) is 6.07 Å². The van der Waals surface area contributed by atoms with Crippen LogP contribution >= 0.6 is 15.9 Å². The molecule has 0 aliphatic heterocycles. The summed E-state index contributed by atoms with van der Waals surface area (Å²) in [7, 11) is 3.80. The lowest BCUT2D eigenvalue weighted by atomic mass is 10.1. The van der Waals surface area contributed by atoms with Crippen LogP contribution in [0.2, 0.25) is 0 Å². The van der Waals surface area contributed by atoms with Crippen molar-refractivity contribution in [3.8, 4) is 5.75 Å². The fourth-order valence-corrected chi connectivity index (χ4v) is 2.36. The van der Waals surface area contributed by atoms with Crippen LogP contribution in [0.1, 0.15) is 15.9 Å². The molecule has 0 unspecified atom stereocenters. The standard InChI is InChI=1S/C16H16BrNO2/c1-18(2)15-9-16(14(17)8-13(15)10-19)20-11-12-6-4-3-5-7-12/h3-10H,11H2,1-2H3. The van der Waals surface area contributed by atoms with Gasteiger partial charge in [0.15, 0.2) is 6.29 Å². The molecular formula is C16H16BrNO2. The van der Waals surface area contributed by atoms with Gasteiger partial charge in [0.1, 0.15) is 12.4 Å². The molecule has 2 rings (SSSR count). The lowest BCUT2D eigenvalue weighted by molar-refractivity contribution is 0.112. The quantitative estimate of drug-likeness (QED) is 0.777. The minimum atomic E-state index is 0.493. The van der Waals surface area contributed by atoms with Gasteiger partial charge in [-0.2, -0.15) is 0 Å². The van der Waals surface area contributed by atoms with Gasteiger partial charge in [-0.25, -0.2) is 0 Å². The molecule has 0 saturated carbocycles. The number of nitrogens with zero attached hydrogens (tertiary/aromatic N) is 1. The normalized spacial score (nSPS) is 10.2. The molecule has 0 amide bonds. The molecule has 0 heterocycles. The molecule has 2 aromatic carbocycles. The second-order valence-electron chi connectivity index (χ2n) is 4.63. The van der Waals surface area contributed by atoms with Gasteiger partial charge in [0, 0.05) is 25.7 Å². The van der Waals surface area contributed by atoms with Gasteiger partial charge in [-0.05, 0) is 27.6 Å². The van der Waals surface area contributed by atoms with Crippen LogP contribution in [-0.4, -0.2) is 20.4 Å². The molecule has 0 spiro atoms. The third kappa shape index (κ3) is 3.39. The van der Waals surface area contributed by atoms with Crippen LogP contribution in [0.3, 0.4) is 0 Å². The fraction of sp³-hybridized carbons (Fsp3) is 0.188. The summed E-state index contributed by atoms with van der Waals surface area (Å²) in [5.74, 6) is 0.725. The average molecular weight is 334 g/mol. The Morgan fingerprint density at radius 2 is 1.90 bits per heavy atom. The van der Waals surface area contributed by atoms with Crippen LogP contribution in [0.5, 0.6) is 5.75 Å². The number of ether oxygens (including phenoxy) is 1. The van der Waals surface area contributed by atoms with Gasteiger partial charge in [0.25, 0.3) is 0 Å². The highest BCUT2D eigenvalue weighted by atomic mass is 79.9. The minimum absolute atomic E-state index is 0.493. The number of hydrogen-bond donors (Lipinski definition) is 0. The maximum Gasteiger partial charge on any atom is 0.152 e. The Kier molecular flexibility index (Phi) is 4.79. The van der Waals surface area contributed by atoms with Crippen molar-refractivity contribution >= 4 is 27.9 Å². The van der Waals surface area contributed by atoms with E-state index < -0.39 is 0 Å². The van der Waals surface area contributed by atoms with Crippen molar-refractivity contribution in [2.45, 2.75) is 6.61 Å². The number of anilines is 1. The van der Waals surface area contributed by atoms with Gasteiger partial charge >= 0.3 is 0 Å². The number of benzene rings is 2. The van der Waals surface area contributed by atoms with Gasteiger partial charge in [-0.3, -0.25) is 4.79 Å². The first-order valence-corrected chi connectivity index (χ1v) is 7.04. The molecule has 0 saturated heterocycles. The highest BCUT2D eigenvalue weighted by Gasteiger charge is 2.10. The van der Waals surface area contributed by atoms with Crippen molar-refractivity contribution < 1.29 is 9.53 Å². The second-order valence-corrected chi connectivity index (χ2v) is 5.48. The van der Waals surface area contributed by atoms with E-state index in [4.69, 9.17) is 4.74 Å². The lowest BCUT2D eigenvalue weighted by Crippen LogP contribution is -2.11. The summed E-state index contributed by atoms with van der Waals surface area (Å²) in [6.45, 7) is 0.493. The van der Waals surface area contributed by atoms with Gasteiger partial charge in [-0.15, -0.1) is 0 Å². The number of halogens is 1. The molecule has 2 aromatic rings. The average Bonchev–Trinajstić information content (AvgIpc) is 2.46. The molecular weight excluding hydrogens is 318 g/mol. The van der Waals surface area contributed by atoms with E-state index >= 15 is 0 Å². The van der Waals surface area contributed by atoms with Crippen molar-refractivity contribution in [3.05, 3.63) is 58.1 Å². The molecule has 0 aliphatic carbocycles. The van der Waals surface area contributed by atoms with Crippen LogP contribution in [-0.2, 0) is 6.61 Å². The Morgan fingerprint density at radius 1 is 1.20 bits per heavy atom. The smallest absolute Gasteiger partial charge is 0.152 e. The van der Waals surface area contributed by atoms with Crippen molar-refractivity contribution in [2.75, 3.05) is 19.0 Å². The largest absolute Gasteiger partial charge is 0.488 e. The molecule has 3 nitrogen and oxygen atoms in total.